The molecule has 1 aliphatic heterocycles. The molecule has 114 valence electrons. The van der Waals surface area contributed by atoms with Gasteiger partial charge in [0, 0.05) is 24.7 Å². The summed E-state index contributed by atoms with van der Waals surface area (Å²) >= 11 is 0. The van der Waals surface area contributed by atoms with Crippen LogP contribution in [0.25, 0.3) is 0 Å². The van der Waals surface area contributed by atoms with Gasteiger partial charge in [0.25, 0.3) is 0 Å². The van der Waals surface area contributed by atoms with Gasteiger partial charge in [0.2, 0.25) is 0 Å². The molecule has 1 fully saturated rings. The maximum atomic E-state index is 12.2. The lowest BCUT2D eigenvalue weighted by Crippen LogP contribution is -2.40. The second kappa shape index (κ2) is 6.66. The fourth-order valence-electron chi connectivity index (χ4n) is 2.14. The summed E-state index contributed by atoms with van der Waals surface area (Å²) in [5.41, 5.74) is 0.410. The van der Waals surface area contributed by atoms with Gasteiger partial charge in [-0.3, -0.25) is 0 Å². The Morgan fingerprint density at radius 3 is 2.67 bits per heavy atom. The maximum Gasteiger partial charge on any atom is 0.411 e. The van der Waals surface area contributed by atoms with Crippen molar-refractivity contribution in [3.05, 3.63) is 18.2 Å². The number of carbonyl (C=O) groups excluding carboxylic acids is 1. The highest BCUT2D eigenvalue weighted by atomic mass is 16.6. The van der Waals surface area contributed by atoms with Crippen LogP contribution in [-0.2, 0) is 4.74 Å². The zero-order valence-electron chi connectivity index (χ0n) is 13.0. The minimum absolute atomic E-state index is 0.241. The molecule has 1 aliphatic rings. The van der Waals surface area contributed by atoms with Crippen molar-refractivity contribution in [1.82, 2.24) is 14.9 Å². The topological polar surface area (TPSA) is 58.2 Å². The molecule has 1 amide bonds. The van der Waals surface area contributed by atoms with E-state index in [1.165, 1.54) is 6.42 Å². The largest absolute Gasteiger partial charge is 0.432 e. The summed E-state index contributed by atoms with van der Waals surface area (Å²) in [5.74, 6) is 5.98. The van der Waals surface area contributed by atoms with Crippen LogP contribution >= 0.6 is 0 Å². The molecule has 0 saturated carbocycles. The first-order chi connectivity index (χ1) is 9.97. The molecular formula is C16H23N3O2. The second-order valence-electron chi connectivity index (χ2n) is 6.40. The fourth-order valence-corrected chi connectivity index (χ4v) is 2.14. The van der Waals surface area contributed by atoms with Gasteiger partial charge >= 0.3 is 6.09 Å². The average Bonchev–Trinajstić information content (AvgIpc) is 2.96. The Balaban J connectivity index is 2.04. The van der Waals surface area contributed by atoms with E-state index in [2.05, 4.69) is 21.8 Å². The van der Waals surface area contributed by atoms with Crippen molar-refractivity contribution < 1.29 is 9.53 Å². The normalized spacial score (nSPS) is 16.8. The van der Waals surface area contributed by atoms with Crippen LogP contribution in [0.3, 0.4) is 0 Å². The summed E-state index contributed by atoms with van der Waals surface area (Å²) in [6, 6.07) is 0. The zero-order valence-corrected chi connectivity index (χ0v) is 13.0. The molecule has 0 spiro atoms. The van der Waals surface area contributed by atoms with E-state index in [0.29, 0.717) is 5.69 Å². The lowest BCUT2D eigenvalue weighted by molar-refractivity contribution is 0.0364. The molecule has 1 atom stereocenters. The van der Waals surface area contributed by atoms with E-state index >= 15 is 0 Å². The first-order valence-corrected chi connectivity index (χ1v) is 7.43. The van der Waals surface area contributed by atoms with Gasteiger partial charge < -0.3 is 14.6 Å². The van der Waals surface area contributed by atoms with E-state index in [-0.39, 0.29) is 11.5 Å². The third-order valence-electron chi connectivity index (χ3n) is 3.45. The highest BCUT2D eigenvalue weighted by molar-refractivity contribution is 5.68. The molecule has 5 heteroatoms. The molecule has 1 saturated heterocycles. The fraction of sp³-hybridized carbons (Fsp3) is 0.625. The van der Waals surface area contributed by atoms with Crippen molar-refractivity contribution in [2.75, 3.05) is 13.1 Å². The summed E-state index contributed by atoms with van der Waals surface area (Å²) in [4.78, 5) is 20.9. The van der Waals surface area contributed by atoms with E-state index in [1.807, 2.05) is 20.8 Å². The monoisotopic (exact) mass is 289 g/mol. The van der Waals surface area contributed by atoms with Gasteiger partial charge in [0.05, 0.1) is 6.33 Å². The lowest BCUT2D eigenvalue weighted by Gasteiger charge is -2.31. The number of hydrogen-bond acceptors (Lipinski definition) is 3. The summed E-state index contributed by atoms with van der Waals surface area (Å²) < 4.78 is 5.63. The average molecular weight is 289 g/mol. The van der Waals surface area contributed by atoms with Crippen LogP contribution in [0, 0.1) is 17.3 Å². The Hall–Kier alpha value is -1.96. The number of rotatable bonds is 1. The molecular weight excluding hydrogens is 266 g/mol. The van der Waals surface area contributed by atoms with E-state index in [0.717, 1.165) is 25.9 Å². The molecule has 1 aromatic rings. The molecule has 1 unspecified atom stereocenters. The maximum absolute atomic E-state index is 12.2. The number of carbonyl (C=O) groups is 1. The third-order valence-corrected chi connectivity index (χ3v) is 3.45. The first kappa shape index (κ1) is 15.4. The summed E-state index contributed by atoms with van der Waals surface area (Å²) in [6.07, 6.45) is 5.87. The van der Waals surface area contributed by atoms with Crippen molar-refractivity contribution in [2.24, 2.45) is 5.41 Å². The predicted molar refractivity (Wildman–Crippen MR) is 80.6 cm³/mol. The molecule has 1 N–H and O–H groups in total. The van der Waals surface area contributed by atoms with Crippen LogP contribution in [0.15, 0.2) is 12.5 Å². The predicted octanol–water partition coefficient (Wildman–Crippen LogP) is 2.80. The van der Waals surface area contributed by atoms with E-state index in [1.54, 1.807) is 17.4 Å². The number of H-pyrrole nitrogens is 1. The van der Waals surface area contributed by atoms with Crippen LogP contribution in [0.2, 0.25) is 0 Å². The van der Waals surface area contributed by atoms with Gasteiger partial charge in [0.1, 0.15) is 5.69 Å². The Morgan fingerprint density at radius 2 is 2.10 bits per heavy atom. The smallest absolute Gasteiger partial charge is 0.411 e. The minimum Gasteiger partial charge on any atom is -0.432 e. The van der Waals surface area contributed by atoms with Crippen LogP contribution in [0.1, 0.15) is 45.7 Å². The standard InChI is InChI=1S/C16H23N3O2/c1-16(2,3)14(8-7-13-11-17-12-18-13)21-15(20)19-9-5-4-6-10-19/h11-12,14H,4-6,9-10H2,1-3H3,(H,17,18). The number of aromatic amines is 1. The molecule has 2 heterocycles. The molecule has 0 aromatic carbocycles. The Morgan fingerprint density at radius 1 is 1.38 bits per heavy atom. The van der Waals surface area contributed by atoms with Gasteiger partial charge in [-0.2, -0.15) is 0 Å². The molecule has 0 radical (unpaired) electrons. The van der Waals surface area contributed by atoms with Crippen LogP contribution in [0.5, 0.6) is 0 Å². The van der Waals surface area contributed by atoms with Gasteiger partial charge in [-0.25, -0.2) is 9.78 Å². The van der Waals surface area contributed by atoms with Crippen molar-refractivity contribution >= 4 is 6.09 Å². The van der Waals surface area contributed by atoms with Crippen molar-refractivity contribution in [2.45, 2.75) is 46.1 Å². The van der Waals surface area contributed by atoms with E-state index < -0.39 is 6.10 Å². The summed E-state index contributed by atoms with van der Waals surface area (Å²) in [5, 5.41) is 0. The summed E-state index contributed by atoms with van der Waals surface area (Å²) in [7, 11) is 0. The van der Waals surface area contributed by atoms with E-state index in [4.69, 9.17) is 4.74 Å². The molecule has 21 heavy (non-hydrogen) atoms. The second-order valence-corrected chi connectivity index (χ2v) is 6.40. The van der Waals surface area contributed by atoms with Gasteiger partial charge in [-0.1, -0.05) is 26.7 Å². The Labute approximate surface area is 126 Å². The Bertz CT molecular complexity index is 514. The van der Waals surface area contributed by atoms with Crippen molar-refractivity contribution in [3.63, 3.8) is 0 Å². The van der Waals surface area contributed by atoms with Crippen LogP contribution < -0.4 is 0 Å². The number of piperidine rings is 1. The highest BCUT2D eigenvalue weighted by Gasteiger charge is 2.29. The number of aromatic nitrogens is 2. The van der Waals surface area contributed by atoms with Gasteiger partial charge in [0.15, 0.2) is 6.10 Å². The number of hydrogen-bond donors (Lipinski definition) is 1. The van der Waals surface area contributed by atoms with Crippen molar-refractivity contribution in [1.29, 1.82) is 0 Å². The lowest BCUT2D eigenvalue weighted by atomic mass is 9.89. The molecule has 5 nitrogen and oxygen atoms in total. The van der Waals surface area contributed by atoms with Crippen LogP contribution in [-0.4, -0.2) is 40.2 Å². The Kier molecular flexibility index (Phi) is 4.89. The molecule has 0 aliphatic carbocycles. The minimum atomic E-state index is -0.455. The van der Waals surface area contributed by atoms with Gasteiger partial charge in [-0.15, -0.1) is 0 Å². The number of likely N-dealkylation sites (tertiary alicyclic amines) is 1. The first-order valence-electron chi connectivity index (χ1n) is 7.43. The number of ether oxygens (including phenoxy) is 1. The number of imidazole rings is 1. The zero-order chi connectivity index (χ0) is 15.3. The van der Waals surface area contributed by atoms with Crippen LogP contribution in [0.4, 0.5) is 4.79 Å². The van der Waals surface area contributed by atoms with Gasteiger partial charge in [-0.05, 0) is 25.2 Å². The SMILES string of the molecule is CC(C)(C)C(C#Cc1c[nH]cn1)OC(=O)N1CCCCC1. The molecule has 0 bridgehead atoms. The number of nitrogens with zero attached hydrogens (tertiary/aromatic N) is 2. The quantitative estimate of drug-likeness (QED) is 0.809. The molecule has 2 rings (SSSR count). The summed E-state index contributed by atoms with van der Waals surface area (Å²) in [6.45, 7) is 7.60. The number of nitrogens with one attached hydrogen (secondary N) is 1. The van der Waals surface area contributed by atoms with Crippen molar-refractivity contribution in [3.8, 4) is 11.8 Å². The third kappa shape index (κ3) is 4.52. The number of amides is 1. The highest BCUT2D eigenvalue weighted by Crippen LogP contribution is 2.23. The van der Waals surface area contributed by atoms with E-state index in [9.17, 15) is 4.79 Å². The molecule has 1 aromatic heterocycles.